The summed E-state index contributed by atoms with van der Waals surface area (Å²) in [5.74, 6) is -0.0565. The number of nitrogens with zero attached hydrogens (tertiary/aromatic N) is 1. The Morgan fingerprint density at radius 1 is 0.931 bits per heavy atom. The fourth-order valence-electron chi connectivity index (χ4n) is 2.93. The number of fused-ring (bicyclic) bond motifs is 1. The average molecular weight is 409 g/mol. The van der Waals surface area contributed by atoms with Gasteiger partial charge in [0.15, 0.2) is 11.3 Å². The van der Waals surface area contributed by atoms with Crippen LogP contribution >= 0.6 is 0 Å². The van der Waals surface area contributed by atoms with Crippen LogP contribution in [-0.2, 0) is 9.84 Å². The largest absolute Gasteiger partial charge is 0.493 e. The molecule has 0 atom stereocenters. The highest BCUT2D eigenvalue weighted by Crippen LogP contribution is 2.28. The Hall–Kier alpha value is -3.45. The molecule has 0 amide bonds. The number of hydrogen-bond donors (Lipinski definition) is 0. The quantitative estimate of drug-likeness (QED) is 0.492. The summed E-state index contributed by atoms with van der Waals surface area (Å²) in [4.78, 5) is 4.27. The third-order valence-electron chi connectivity index (χ3n) is 4.31. The van der Waals surface area contributed by atoms with E-state index in [1.165, 1.54) is 43.5 Å². The number of ether oxygens (including phenoxy) is 1. The predicted octanol–water partition coefficient (Wildman–Crippen LogP) is 4.65. The van der Waals surface area contributed by atoms with E-state index >= 15 is 0 Å². The maximum absolute atomic E-state index is 13.6. The lowest BCUT2D eigenvalue weighted by molar-refractivity contribution is 0.404. The van der Waals surface area contributed by atoms with Crippen LogP contribution in [-0.4, -0.2) is 15.5 Å². The summed E-state index contributed by atoms with van der Waals surface area (Å²) >= 11 is 0. The Morgan fingerprint density at radius 2 is 1.69 bits per heavy atom. The molecule has 0 N–H and O–H groups in total. The highest BCUT2D eigenvalue weighted by atomic mass is 32.2. The Bertz CT molecular complexity index is 1360. The Labute approximate surface area is 166 Å². The number of para-hydroxylation sites is 1. The van der Waals surface area contributed by atoms with E-state index in [-0.39, 0.29) is 21.0 Å². The van der Waals surface area contributed by atoms with E-state index in [1.54, 1.807) is 42.5 Å². The van der Waals surface area contributed by atoms with E-state index in [9.17, 15) is 12.8 Å². The number of hydrogen-bond acceptors (Lipinski definition) is 5. The van der Waals surface area contributed by atoms with Crippen LogP contribution in [0.2, 0.25) is 0 Å². The number of sulfone groups is 1. The molecule has 3 aromatic carbocycles. The van der Waals surface area contributed by atoms with Crippen molar-refractivity contribution >= 4 is 26.5 Å². The third kappa shape index (κ3) is 3.64. The summed E-state index contributed by atoms with van der Waals surface area (Å²) < 4.78 is 51.4. The van der Waals surface area contributed by atoms with Crippen LogP contribution in [0.3, 0.4) is 0 Å². The van der Waals surface area contributed by atoms with Crippen molar-refractivity contribution in [1.29, 1.82) is 0 Å². The van der Waals surface area contributed by atoms with Gasteiger partial charge in [-0.05, 0) is 42.5 Å². The summed E-state index contributed by atoms with van der Waals surface area (Å²) in [5.41, 5.74) is 0.418. The maximum Gasteiger partial charge on any atom is 0.239 e. The number of benzene rings is 3. The van der Waals surface area contributed by atoms with Gasteiger partial charge in [0.05, 0.1) is 17.7 Å². The van der Waals surface area contributed by atoms with Crippen molar-refractivity contribution < 1.29 is 22.0 Å². The molecule has 29 heavy (non-hydrogen) atoms. The molecule has 0 radical (unpaired) electrons. The second kappa shape index (κ2) is 7.52. The van der Waals surface area contributed by atoms with Crippen molar-refractivity contribution in [1.82, 2.24) is 0 Å². The lowest BCUT2D eigenvalue weighted by Gasteiger charge is -2.09. The van der Waals surface area contributed by atoms with Gasteiger partial charge in [0, 0.05) is 5.39 Å². The molecule has 0 spiro atoms. The summed E-state index contributed by atoms with van der Waals surface area (Å²) in [5, 5.41) is 0.539. The highest BCUT2D eigenvalue weighted by molar-refractivity contribution is 7.91. The molecule has 0 aliphatic rings. The molecule has 7 heteroatoms. The third-order valence-corrected chi connectivity index (χ3v) is 6.07. The van der Waals surface area contributed by atoms with Crippen molar-refractivity contribution in [3.8, 4) is 5.75 Å². The molecule has 146 valence electrons. The van der Waals surface area contributed by atoms with Crippen molar-refractivity contribution in [2.45, 2.75) is 9.79 Å². The zero-order valence-corrected chi connectivity index (χ0v) is 16.2. The van der Waals surface area contributed by atoms with E-state index in [0.717, 1.165) is 0 Å². The smallest absolute Gasteiger partial charge is 0.239 e. The van der Waals surface area contributed by atoms with Gasteiger partial charge in [-0.1, -0.05) is 36.4 Å². The standard InChI is InChI=1S/C22H16FNO4S/c1-27-19-12-5-7-15-13-20(29(25,26)18-10-3-2-4-11-18)22(28-21(15)19)24-17-9-6-8-16(23)14-17/h2-14H,1H3. The van der Waals surface area contributed by atoms with Crippen LogP contribution in [0.15, 0.2) is 98.1 Å². The van der Waals surface area contributed by atoms with Crippen LogP contribution in [0, 0.1) is 5.82 Å². The molecular formula is C22H16FNO4S. The van der Waals surface area contributed by atoms with Crippen LogP contribution in [0.5, 0.6) is 5.75 Å². The predicted molar refractivity (Wildman–Crippen MR) is 106 cm³/mol. The van der Waals surface area contributed by atoms with Crippen molar-refractivity contribution in [3.63, 3.8) is 0 Å². The molecular weight excluding hydrogens is 393 g/mol. The average Bonchev–Trinajstić information content (AvgIpc) is 2.73. The maximum atomic E-state index is 13.6. The highest BCUT2D eigenvalue weighted by Gasteiger charge is 2.23. The topological polar surface area (TPSA) is 68.9 Å². The minimum atomic E-state index is -3.93. The molecule has 0 aliphatic carbocycles. The molecule has 0 unspecified atom stereocenters. The zero-order valence-electron chi connectivity index (χ0n) is 15.4. The molecule has 1 heterocycles. The second-order valence-corrected chi connectivity index (χ2v) is 8.12. The van der Waals surface area contributed by atoms with Gasteiger partial charge in [-0.15, -0.1) is 0 Å². The fourth-order valence-corrected chi connectivity index (χ4v) is 4.30. The molecule has 4 aromatic rings. The fraction of sp³-hybridized carbons (Fsp3) is 0.0455. The first kappa shape index (κ1) is 18.9. The monoisotopic (exact) mass is 409 g/mol. The molecule has 4 rings (SSSR count). The van der Waals surface area contributed by atoms with Gasteiger partial charge in [-0.25, -0.2) is 17.8 Å². The molecule has 0 aliphatic heterocycles. The Kier molecular flexibility index (Phi) is 4.90. The van der Waals surface area contributed by atoms with Crippen molar-refractivity contribution in [3.05, 3.63) is 90.2 Å². The van der Waals surface area contributed by atoms with Crippen LogP contribution in [0.4, 0.5) is 10.1 Å². The molecule has 1 aromatic heterocycles. The van der Waals surface area contributed by atoms with Gasteiger partial charge in [-0.3, -0.25) is 0 Å². The first-order valence-electron chi connectivity index (χ1n) is 8.70. The van der Waals surface area contributed by atoms with Gasteiger partial charge in [0.2, 0.25) is 15.4 Å². The van der Waals surface area contributed by atoms with E-state index in [2.05, 4.69) is 4.99 Å². The number of rotatable bonds is 4. The first-order chi connectivity index (χ1) is 14.0. The molecule has 0 fully saturated rings. The minimum Gasteiger partial charge on any atom is -0.493 e. The molecule has 5 nitrogen and oxygen atoms in total. The Morgan fingerprint density at radius 3 is 2.41 bits per heavy atom. The van der Waals surface area contributed by atoms with E-state index in [0.29, 0.717) is 16.7 Å². The van der Waals surface area contributed by atoms with Crippen LogP contribution in [0.1, 0.15) is 0 Å². The SMILES string of the molecule is COc1cccc2cc(S(=O)(=O)c3ccccc3)c(=Nc3cccc(F)c3)oc12. The second-order valence-electron chi connectivity index (χ2n) is 6.20. The van der Waals surface area contributed by atoms with Gasteiger partial charge in [0.25, 0.3) is 0 Å². The normalized spacial score (nSPS) is 12.3. The summed E-state index contributed by atoms with van der Waals surface area (Å²) in [6, 6.07) is 20.2. The lowest BCUT2D eigenvalue weighted by atomic mass is 10.2. The van der Waals surface area contributed by atoms with Crippen molar-refractivity contribution in [2.75, 3.05) is 7.11 Å². The van der Waals surface area contributed by atoms with Gasteiger partial charge in [-0.2, -0.15) is 0 Å². The van der Waals surface area contributed by atoms with Crippen LogP contribution < -0.4 is 10.3 Å². The van der Waals surface area contributed by atoms with Crippen molar-refractivity contribution in [2.24, 2.45) is 4.99 Å². The summed E-state index contributed by atoms with van der Waals surface area (Å²) in [7, 11) is -2.44. The van der Waals surface area contributed by atoms with E-state index in [1.807, 2.05) is 0 Å². The summed E-state index contributed by atoms with van der Waals surface area (Å²) in [6.45, 7) is 0. The van der Waals surface area contributed by atoms with Gasteiger partial charge in [0.1, 0.15) is 10.7 Å². The zero-order chi connectivity index (χ0) is 20.4. The Balaban J connectivity index is 2.07. The van der Waals surface area contributed by atoms with Gasteiger partial charge >= 0.3 is 0 Å². The van der Waals surface area contributed by atoms with Gasteiger partial charge < -0.3 is 9.15 Å². The lowest BCUT2D eigenvalue weighted by Crippen LogP contribution is -2.16. The van der Waals surface area contributed by atoms with E-state index < -0.39 is 15.7 Å². The molecule has 0 bridgehead atoms. The number of halogens is 1. The summed E-state index contributed by atoms with van der Waals surface area (Å²) in [6.07, 6.45) is 0. The van der Waals surface area contributed by atoms with Crippen LogP contribution in [0.25, 0.3) is 11.0 Å². The first-order valence-corrected chi connectivity index (χ1v) is 10.2. The number of methoxy groups -OCH3 is 1. The van der Waals surface area contributed by atoms with E-state index in [4.69, 9.17) is 9.15 Å². The minimum absolute atomic E-state index is 0.105. The molecule has 0 saturated carbocycles. The molecule has 0 saturated heterocycles.